The highest BCUT2D eigenvalue weighted by Crippen LogP contribution is 2.48. The molecular formula is C35H52O2S2Si. The molecule has 2 aromatic rings. The van der Waals surface area contributed by atoms with Crippen molar-refractivity contribution in [3.8, 4) is 0 Å². The van der Waals surface area contributed by atoms with Gasteiger partial charge >= 0.3 is 0 Å². The van der Waals surface area contributed by atoms with Gasteiger partial charge in [-0.3, -0.25) is 0 Å². The van der Waals surface area contributed by atoms with E-state index in [1.165, 1.54) is 41.1 Å². The Kier molecular flexibility index (Phi) is 11.5. The molecule has 2 saturated heterocycles. The quantitative estimate of drug-likeness (QED) is 0.191. The molecule has 2 heterocycles. The van der Waals surface area contributed by atoms with E-state index >= 15 is 0 Å². The number of rotatable bonds is 11. The summed E-state index contributed by atoms with van der Waals surface area (Å²) in [4.78, 5) is 0. The predicted molar refractivity (Wildman–Crippen MR) is 181 cm³/mol. The molecule has 2 aromatic carbocycles. The molecule has 3 atom stereocenters. The van der Waals surface area contributed by atoms with Crippen molar-refractivity contribution in [2.75, 3.05) is 18.1 Å². The van der Waals surface area contributed by atoms with Crippen LogP contribution in [0.5, 0.6) is 0 Å². The Bertz CT molecular complexity index is 1000. The average Bonchev–Trinajstić information content (AvgIpc) is 2.93. The first-order chi connectivity index (χ1) is 19.2. The molecule has 2 aliphatic heterocycles. The smallest absolute Gasteiger partial charge is 0.261 e. The second kappa shape index (κ2) is 14.5. The number of hydrogen-bond donors (Lipinski definition) is 0. The van der Waals surface area contributed by atoms with Gasteiger partial charge in [0.1, 0.15) is 0 Å². The molecule has 0 radical (unpaired) electrons. The first-order valence-electron chi connectivity index (χ1n) is 15.5. The highest BCUT2D eigenvalue weighted by Gasteiger charge is 2.50. The van der Waals surface area contributed by atoms with Crippen LogP contribution in [-0.2, 0) is 9.16 Å². The summed E-state index contributed by atoms with van der Waals surface area (Å²) in [6.07, 6.45) is 12.5. The summed E-state index contributed by atoms with van der Waals surface area (Å²) in [6, 6.07) is 22.0. The minimum absolute atomic E-state index is 0.00140. The maximum absolute atomic E-state index is 7.24. The Balaban J connectivity index is 1.48. The topological polar surface area (TPSA) is 18.5 Å². The lowest BCUT2D eigenvalue weighted by atomic mass is 9.90. The first-order valence-corrected chi connectivity index (χ1v) is 19.4. The minimum atomic E-state index is -2.52. The zero-order valence-electron chi connectivity index (χ0n) is 25.7. The van der Waals surface area contributed by atoms with E-state index in [9.17, 15) is 0 Å². The van der Waals surface area contributed by atoms with E-state index in [1.54, 1.807) is 0 Å². The van der Waals surface area contributed by atoms with Gasteiger partial charge in [0, 0.05) is 13.0 Å². The molecule has 2 aliphatic rings. The maximum Gasteiger partial charge on any atom is 0.261 e. The molecule has 0 amide bonds. The fraction of sp³-hybridized carbons (Fsp3) is 0.600. The predicted octanol–water partition coefficient (Wildman–Crippen LogP) is 8.70. The van der Waals surface area contributed by atoms with Crippen LogP contribution >= 0.6 is 23.5 Å². The monoisotopic (exact) mass is 596 g/mol. The van der Waals surface area contributed by atoms with E-state index < -0.39 is 8.32 Å². The summed E-state index contributed by atoms with van der Waals surface area (Å²) in [6.45, 7) is 14.8. The molecule has 0 spiro atoms. The molecule has 220 valence electrons. The second-order valence-corrected chi connectivity index (χ2v) is 20.7. The van der Waals surface area contributed by atoms with Crippen LogP contribution in [-0.4, -0.2) is 42.7 Å². The molecule has 0 unspecified atom stereocenters. The summed E-state index contributed by atoms with van der Waals surface area (Å²) in [7, 11) is -2.52. The van der Waals surface area contributed by atoms with Gasteiger partial charge in [0.15, 0.2) is 0 Å². The normalized spacial score (nSPS) is 24.0. The third kappa shape index (κ3) is 7.89. The van der Waals surface area contributed by atoms with Crippen LogP contribution in [0.1, 0.15) is 80.1 Å². The van der Waals surface area contributed by atoms with Gasteiger partial charge in [0.05, 0.1) is 16.3 Å². The standard InChI is InChI=1S/C35H52O2S2Si/c1-28(2)15-13-23-35(38-25-14-26-39-35)27-30-21-20-29(3)33(37-30)22-24-36-40(34(4,5)6,31-16-9-7-10-17-31)32-18-11-8-12-19-32/h7-13,16-19,23,28-30,33H,14-15,20-22,24-27H2,1-6H3/b23-13+/t29-,30-,33+/m0/s1. The maximum atomic E-state index is 7.24. The Hall–Kier alpha value is -0.983. The molecule has 5 heteroatoms. The third-order valence-corrected chi connectivity index (χ3v) is 16.9. The molecule has 40 heavy (non-hydrogen) atoms. The van der Waals surface area contributed by atoms with Gasteiger partial charge in [-0.2, -0.15) is 0 Å². The highest BCUT2D eigenvalue weighted by atomic mass is 32.2. The fourth-order valence-electron chi connectivity index (χ4n) is 6.39. The van der Waals surface area contributed by atoms with Gasteiger partial charge in [-0.1, -0.05) is 114 Å². The lowest BCUT2D eigenvalue weighted by Crippen LogP contribution is -2.66. The first kappa shape index (κ1) is 31.9. The SMILES string of the molecule is CC(C)C/C=C/C1(C[C@@H]2CC[C@H](C)[C@@H](CCO[Si](c3ccccc3)(c3ccccc3)C(C)(C)C)O2)SCCCS1. The summed E-state index contributed by atoms with van der Waals surface area (Å²) < 4.78 is 14.4. The molecule has 0 N–H and O–H groups in total. The van der Waals surface area contributed by atoms with E-state index in [-0.39, 0.29) is 15.2 Å². The van der Waals surface area contributed by atoms with Crippen LogP contribution in [0.3, 0.4) is 0 Å². The third-order valence-electron chi connectivity index (χ3n) is 8.56. The minimum Gasteiger partial charge on any atom is -0.407 e. The summed E-state index contributed by atoms with van der Waals surface area (Å²) >= 11 is 4.31. The lowest BCUT2D eigenvalue weighted by molar-refractivity contribution is -0.0882. The van der Waals surface area contributed by atoms with Gasteiger partial charge in [-0.15, -0.1) is 23.5 Å². The van der Waals surface area contributed by atoms with Crippen LogP contribution in [0.25, 0.3) is 0 Å². The summed E-state index contributed by atoms with van der Waals surface area (Å²) in [5.74, 6) is 3.80. The van der Waals surface area contributed by atoms with Crippen molar-refractivity contribution in [1.29, 1.82) is 0 Å². The molecular weight excluding hydrogens is 545 g/mol. The van der Waals surface area contributed by atoms with Crippen molar-refractivity contribution in [3.63, 3.8) is 0 Å². The van der Waals surface area contributed by atoms with Gasteiger partial charge < -0.3 is 9.16 Å². The summed E-state index contributed by atoms with van der Waals surface area (Å²) in [5, 5.41) is 2.71. The van der Waals surface area contributed by atoms with Crippen LogP contribution in [0.4, 0.5) is 0 Å². The molecule has 0 aromatic heterocycles. The van der Waals surface area contributed by atoms with Crippen LogP contribution in [0, 0.1) is 11.8 Å². The number of benzene rings is 2. The van der Waals surface area contributed by atoms with Crippen molar-refractivity contribution >= 4 is 42.2 Å². The van der Waals surface area contributed by atoms with E-state index in [1.807, 2.05) is 0 Å². The molecule has 0 aliphatic carbocycles. The lowest BCUT2D eigenvalue weighted by Gasteiger charge is -2.44. The van der Waals surface area contributed by atoms with E-state index in [0.29, 0.717) is 17.9 Å². The van der Waals surface area contributed by atoms with Gasteiger partial charge in [0.25, 0.3) is 8.32 Å². The van der Waals surface area contributed by atoms with Crippen molar-refractivity contribution in [3.05, 3.63) is 72.8 Å². The largest absolute Gasteiger partial charge is 0.407 e. The number of allylic oxidation sites excluding steroid dienone is 1. The van der Waals surface area contributed by atoms with Crippen molar-refractivity contribution in [2.45, 2.75) is 101 Å². The molecule has 0 saturated carbocycles. The van der Waals surface area contributed by atoms with Crippen LogP contribution in [0.2, 0.25) is 5.04 Å². The number of thioether (sulfide) groups is 2. The number of hydrogen-bond acceptors (Lipinski definition) is 4. The zero-order valence-corrected chi connectivity index (χ0v) is 28.4. The van der Waals surface area contributed by atoms with Crippen molar-refractivity contribution in [2.24, 2.45) is 11.8 Å². The molecule has 2 fully saturated rings. The Morgan fingerprint density at radius 2 is 1.57 bits per heavy atom. The second-order valence-electron chi connectivity index (χ2n) is 13.2. The zero-order chi connectivity index (χ0) is 28.6. The van der Waals surface area contributed by atoms with Gasteiger partial charge in [-0.25, -0.2) is 0 Å². The molecule has 0 bridgehead atoms. The number of ether oxygens (including phenoxy) is 1. The van der Waals surface area contributed by atoms with Crippen LogP contribution < -0.4 is 10.4 Å². The summed E-state index contributed by atoms with van der Waals surface area (Å²) in [5.41, 5.74) is 0. The van der Waals surface area contributed by atoms with Gasteiger partial charge in [-0.05, 0) is 70.9 Å². The highest BCUT2D eigenvalue weighted by molar-refractivity contribution is 8.19. The van der Waals surface area contributed by atoms with Crippen molar-refractivity contribution < 1.29 is 9.16 Å². The van der Waals surface area contributed by atoms with Crippen molar-refractivity contribution in [1.82, 2.24) is 0 Å². The van der Waals surface area contributed by atoms with Gasteiger partial charge in [0.2, 0.25) is 0 Å². The van der Waals surface area contributed by atoms with Crippen LogP contribution in [0.15, 0.2) is 72.8 Å². The van der Waals surface area contributed by atoms with E-state index in [4.69, 9.17) is 9.16 Å². The van der Waals surface area contributed by atoms with E-state index in [0.717, 1.165) is 25.9 Å². The molecule has 4 rings (SSSR count). The molecule has 2 nitrogen and oxygen atoms in total. The Morgan fingerprint density at radius 3 is 2.12 bits per heavy atom. The Morgan fingerprint density at radius 1 is 0.975 bits per heavy atom. The Labute approximate surface area is 254 Å². The fourth-order valence-corrected chi connectivity index (χ4v) is 14.2. The van der Waals surface area contributed by atoms with E-state index in [2.05, 4.69) is 138 Å². The average molecular weight is 597 g/mol.